The van der Waals surface area contributed by atoms with Crippen LogP contribution >= 0.6 is 11.9 Å². The van der Waals surface area contributed by atoms with Gasteiger partial charge in [0.25, 0.3) is 0 Å². The van der Waals surface area contributed by atoms with Gasteiger partial charge in [-0.3, -0.25) is 4.90 Å². The molecule has 0 unspecified atom stereocenters. The Balaban J connectivity index is 1.09. The van der Waals surface area contributed by atoms with Gasteiger partial charge in [0.15, 0.2) is 0 Å². The van der Waals surface area contributed by atoms with Crippen LogP contribution in [0.3, 0.4) is 0 Å². The summed E-state index contributed by atoms with van der Waals surface area (Å²) in [5.74, 6) is -0.177. The van der Waals surface area contributed by atoms with E-state index < -0.39 is 0 Å². The molecule has 0 amide bonds. The fourth-order valence-electron chi connectivity index (χ4n) is 4.86. The fraction of sp³-hybridized carbons (Fsp3) is 0.231. The van der Waals surface area contributed by atoms with Crippen molar-refractivity contribution >= 4 is 44.9 Å². The van der Waals surface area contributed by atoms with E-state index in [9.17, 15) is 4.39 Å². The Hall–Kier alpha value is -2.76. The second-order valence-electron chi connectivity index (χ2n) is 8.35. The smallest absolute Gasteiger partial charge is 0.123 e. The average Bonchev–Trinajstić information content (AvgIpc) is 3.37. The first-order valence-corrected chi connectivity index (χ1v) is 11.7. The van der Waals surface area contributed by atoms with Crippen molar-refractivity contribution in [3.63, 3.8) is 0 Å². The Morgan fingerprint density at radius 2 is 1.94 bits per heavy atom. The monoisotopic (exact) mass is 429 g/mol. The Kier molecular flexibility index (Phi) is 4.73. The molecule has 2 aliphatic rings. The summed E-state index contributed by atoms with van der Waals surface area (Å²) in [5.41, 5.74) is 4.82. The minimum Gasteiger partial charge on any atom is -0.361 e. The standard InChI is InChI=1S/C26H24FN3S/c27-20-8-9-23-21(16-20)22(17-28-23)18-10-14-29(15-11-18)12-3-13-30-24-6-1-4-19-5-2-7-25(31-30)26(19)24/h1-2,4-10,16-17,28H,3,11-15H2. The van der Waals surface area contributed by atoms with E-state index in [1.165, 1.54) is 33.0 Å². The van der Waals surface area contributed by atoms with Crippen molar-refractivity contribution in [3.8, 4) is 0 Å². The van der Waals surface area contributed by atoms with Gasteiger partial charge in [0, 0.05) is 59.1 Å². The molecule has 0 radical (unpaired) electrons. The molecule has 3 nitrogen and oxygen atoms in total. The fourth-order valence-corrected chi connectivity index (χ4v) is 6.02. The number of fused-ring (bicyclic) bond motifs is 1. The van der Waals surface area contributed by atoms with Gasteiger partial charge in [0.2, 0.25) is 0 Å². The third-order valence-corrected chi connectivity index (χ3v) is 7.58. The Labute approximate surface area is 185 Å². The number of nitrogens with zero attached hydrogens (tertiary/aromatic N) is 2. The maximum atomic E-state index is 13.7. The normalized spacial score (nSPS) is 16.4. The van der Waals surface area contributed by atoms with Crippen LogP contribution in [0.4, 0.5) is 10.1 Å². The van der Waals surface area contributed by atoms with Crippen LogP contribution in [0.25, 0.3) is 27.2 Å². The summed E-state index contributed by atoms with van der Waals surface area (Å²) in [6.45, 7) is 4.15. The molecule has 2 aliphatic heterocycles. The molecule has 0 saturated heterocycles. The van der Waals surface area contributed by atoms with Gasteiger partial charge >= 0.3 is 0 Å². The van der Waals surface area contributed by atoms with E-state index in [1.54, 1.807) is 6.07 Å². The summed E-state index contributed by atoms with van der Waals surface area (Å²) in [4.78, 5) is 7.17. The number of hydrogen-bond donors (Lipinski definition) is 1. The van der Waals surface area contributed by atoms with Gasteiger partial charge in [-0.25, -0.2) is 4.39 Å². The van der Waals surface area contributed by atoms with E-state index in [4.69, 9.17) is 0 Å². The molecule has 0 saturated carbocycles. The Morgan fingerprint density at radius 1 is 1.03 bits per heavy atom. The summed E-state index contributed by atoms with van der Waals surface area (Å²) < 4.78 is 16.1. The zero-order chi connectivity index (χ0) is 20.8. The van der Waals surface area contributed by atoms with Crippen molar-refractivity contribution in [2.24, 2.45) is 0 Å². The Morgan fingerprint density at radius 3 is 2.81 bits per heavy atom. The summed E-state index contributed by atoms with van der Waals surface area (Å²) in [6, 6.07) is 18.1. The van der Waals surface area contributed by atoms with Crippen LogP contribution in [0.2, 0.25) is 0 Å². The SMILES string of the molecule is Fc1ccc2[nH]cc(C3=CCN(CCCN4Sc5cccc6cccc4c56)CC3)c2c1. The number of nitrogens with one attached hydrogen (secondary N) is 1. The molecule has 0 atom stereocenters. The third-order valence-electron chi connectivity index (χ3n) is 6.44. The number of H-pyrrole nitrogens is 1. The second-order valence-corrected chi connectivity index (χ2v) is 9.41. The van der Waals surface area contributed by atoms with Crippen LogP contribution in [0, 0.1) is 5.82 Å². The lowest BCUT2D eigenvalue weighted by Crippen LogP contribution is -2.31. The lowest BCUT2D eigenvalue weighted by Gasteiger charge is -2.27. The van der Waals surface area contributed by atoms with Crippen molar-refractivity contribution in [1.29, 1.82) is 0 Å². The van der Waals surface area contributed by atoms with E-state index in [-0.39, 0.29) is 5.82 Å². The van der Waals surface area contributed by atoms with Crippen molar-refractivity contribution < 1.29 is 4.39 Å². The third kappa shape index (κ3) is 3.42. The van der Waals surface area contributed by atoms with Gasteiger partial charge in [-0.05, 0) is 66.1 Å². The molecule has 5 heteroatoms. The molecule has 0 aliphatic carbocycles. The van der Waals surface area contributed by atoms with Crippen LogP contribution < -0.4 is 4.31 Å². The highest BCUT2D eigenvalue weighted by molar-refractivity contribution is 8.01. The molecule has 1 N–H and O–H groups in total. The molecule has 31 heavy (non-hydrogen) atoms. The number of aromatic nitrogens is 1. The van der Waals surface area contributed by atoms with Crippen molar-refractivity contribution in [3.05, 3.63) is 78.3 Å². The highest BCUT2D eigenvalue weighted by Gasteiger charge is 2.22. The predicted octanol–water partition coefficient (Wildman–Crippen LogP) is 6.47. The van der Waals surface area contributed by atoms with E-state index >= 15 is 0 Å². The molecule has 0 bridgehead atoms. The molecule has 3 aromatic carbocycles. The van der Waals surface area contributed by atoms with Crippen molar-refractivity contribution in [2.75, 3.05) is 30.5 Å². The maximum Gasteiger partial charge on any atom is 0.123 e. The molecule has 3 heterocycles. The second kappa shape index (κ2) is 7.74. The average molecular weight is 430 g/mol. The van der Waals surface area contributed by atoms with Crippen LogP contribution in [-0.4, -0.2) is 36.1 Å². The molecule has 156 valence electrons. The van der Waals surface area contributed by atoms with Crippen LogP contribution in [0.1, 0.15) is 18.4 Å². The van der Waals surface area contributed by atoms with Gasteiger partial charge in [0.05, 0.1) is 5.69 Å². The summed E-state index contributed by atoms with van der Waals surface area (Å²) in [5, 5.41) is 3.71. The van der Waals surface area contributed by atoms with E-state index in [0.717, 1.165) is 55.5 Å². The number of hydrogen-bond acceptors (Lipinski definition) is 3. The van der Waals surface area contributed by atoms with E-state index in [0.29, 0.717) is 0 Å². The van der Waals surface area contributed by atoms with Gasteiger partial charge in [0.1, 0.15) is 5.82 Å². The van der Waals surface area contributed by atoms with Gasteiger partial charge in [-0.2, -0.15) is 0 Å². The number of rotatable bonds is 5. The molecule has 0 spiro atoms. The molecular weight excluding hydrogens is 405 g/mol. The first kappa shape index (κ1) is 19.0. The minimum absolute atomic E-state index is 0.177. The van der Waals surface area contributed by atoms with Crippen molar-refractivity contribution in [1.82, 2.24) is 9.88 Å². The summed E-state index contributed by atoms with van der Waals surface area (Å²) in [6.07, 6.45) is 6.48. The topological polar surface area (TPSA) is 22.3 Å². The highest BCUT2D eigenvalue weighted by Crippen LogP contribution is 2.45. The maximum absolute atomic E-state index is 13.7. The lowest BCUT2D eigenvalue weighted by atomic mass is 9.99. The van der Waals surface area contributed by atoms with Crippen LogP contribution in [-0.2, 0) is 0 Å². The molecule has 0 fully saturated rings. The van der Waals surface area contributed by atoms with E-state index in [1.807, 2.05) is 24.2 Å². The molecular formula is C26H24FN3S. The number of halogens is 1. The van der Waals surface area contributed by atoms with Crippen LogP contribution in [0.15, 0.2) is 71.8 Å². The summed E-state index contributed by atoms with van der Waals surface area (Å²) >= 11 is 1.87. The zero-order valence-electron chi connectivity index (χ0n) is 17.3. The molecule has 4 aromatic rings. The van der Waals surface area contributed by atoms with Crippen LogP contribution in [0.5, 0.6) is 0 Å². The number of aromatic amines is 1. The lowest BCUT2D eigenvalue weighted by molar-refractivity contribution is 0.300. The first-order chi connectivity index (χ1) is 15.3. The molecule has 1 aromatic heterocycles. The largest absolute Gasteiger partial charge is 0.361 e. The quantitative estimate of drug-likeness (QED) is 0.368. The van der Waals surface area contributed by atoms with Gasteiger partial charge in [-0.1, -0.05) is 30.3 Å². The zero-order valence-corrected chi connectivity index (χ0v) is 18.1. The van der Waals surface area contributed by atoms with Gasteiger partial charge in [-0.15, -0.1) is 0 Å². The summed E-state index contributed by atoms with van der Waals surface area (Å²) in [7, 11) is 0. The number of anilines is 1. The van der Waals surface area contributed by atoms with E-state index in [2.05, 4.69) is 56.7 Å². The molecule has 6 rings (SSSR count). The Bertz CT molecular complexity index is 1300. The first-order valence-electron chi connectivity index (χ1n) is 10.9. The predicted molar refractivity (Wildman–Crippen MR) is 129 cm³/mol. The van der Waals surface area contributed by atoms with Crippen molar-refractivity contribution in [2.45, 2.75) is 17.7 Å². The minimum atomic E-state index is -0.177. The highest BCUT2D eigenvalue weighted by atomic mass is 32.2. The number of benzene rings is 3. The van der Waals surface area contributed by atoms with Gasteiger partial charge < -0.3 is 9.29 Å².